The van der Waals surface area contributed by atoms with Gasteiger partial charge in [0.05, 0.1) is 6.61 Å². The summed E-state index contributed by atoms with van der Waals surface area (Å²) in [6.45, 7) is 5.63. The van der Waals surface area contributed by atoms with Gasteiger partial charge in [-0.1, -0.05) is 26.0 Å². The monoisotopic (exact) mass is 244 g/mol. The molecule has 1 aromatic carbocycles. The fourth-order valence-electron chi connectivity index (χ4n) is 1.95. The molecule has 1 heterocycles. The van der Waals surface area contributed by atoms with Crippen molar-refractivity contribution in [1.82, 2.24) is 4.98 Å². The summed E-state index contributed by atoms with van der Waals surface area (Å²) in [7, 11) is 0. The molecule has 0 aliphatic rings. The van der Waals surface area contributed by atoms with Crippen LogP contribution in [0.4, 0.5) is 0 Å². The van der Waals surface area contributed by atoms with Crippen LogP contribution in [0.25, 0.3) is 10.9 Å². The van der Waals surface area contributed by atoms with Crippen molar-refractivity contribution in [2.75, 3.05) is 13.2 Å². The molecule has 96 valence electrons. The summed E-state index contributed by atoms with van der Waals surface area (Å²) < 4.78 is 5.82. The number of hydrogen-bond donors (Lipinski definition) is 1. The highest BCUT2D eigenvalue weighted by atomic mass is 16.5. The van der Waals surface area contributed by atoms with E-state index in [0.29, 0.717) is 19.1 Å². The van der Waals surface area contributed by atoms with Crippen LogP contribution in [0.15, 0.2) is 30.5 Å². The maximum absolute atomic E-state index is 5.82. The molecule has 0 amide bonds. The zero-order chi connectivity index (χ0) is 13.0. The Balaban J connectivity index is 2.40. The third-order valence-electron chi connectivity index (χ3n) is 2.81. The lowest BCUT2D eigenvalue weighted by Gasteiger charge is -2.12. The average molecular weight is 244 g/mol. The molecule has 0 radical (unpaired) electrons. The molecule has 0 saturated heterocycles. The van der Waals surface area contributed by atoms with Crippen LogP contribution in [-0.2, 0) is 6.42 Å². The maximum Gasteiger partial charge on any atom is 0.145 e. The third kappa shape index (κ3) is 2.79. The van der Waals surface area contributed by atoms with Gasteiger partial charge in [0.1, 0.15) is 11.3 Å². The molecule has 0 fully saturated rings. The van der Waals surface area contributed by atoms with E-state index in [-0.39, 0.29) is 0 Å². The van der Waals surface area contributed by atoms with E-state index in [1.165, 1.54) is 5.56 Å². The van der Waals surface area contributed by atoms with Crippen LogP contribution in [0.1, 0.15) is 19.4 Å². The quantitative estimate of drug-likeness (QED) is 0.879. The molecule has 18 heavy (non-hydrogen) atoms. The molecule has 1 aromatic heterocycles. The van der Waals surface area contributed by atoms with Crippen LogP contribution in [0, 0.1) is 5.92 Å². The second-order valence-corrected chi connectivity index (χ2v) is 4.87. The molecule has 2 rings (SSSR count). The van der Waals surface area contributed by atoms with Crippen LogP contribution >= 0.6 is 0 Å². The third-order valence-corrected chi connectivity index (χ3v) is 2.81. The Kier molecular flexibility index (Phi) is 4.15. The number of pyridine rings is 1. The Morgan fingerprint density at radius 1 is 1.28 bits per heavy atom. The predicted molar refractivity (Wildman–Crippen MR) is 74.8 cm³/mol. The molecule has 0 atom stereocenters. The van der Waals surface area contributed by atoms with E-state index in [9.17, 15) is 0 Å². The topological polar surface area (TPSA) is 48.1 Å². The molecule has 3 heteroatoms. The van der Waals surface area contributed by atoms with Crippen LogP contribution < -0.4 is 10.5 Å². The molecule has 0 aliphatic carbocycles. The van der Waals surface area contributed by atoms with E-state index in [1.807, 2.05) is 12.1 Å². The summed E-state index contributed by atoms with van der Waals surface area (Å²) >= 11 is 0. The van der Waals surface area contributed by atoms with E-state index in [4.69, 9.17) is 10.5 Å². The fourth-order valence-corrected chi connectivity index (χ4v) is 1.95. The number of rotatable bonds is 5. The molecule has 0 spiro atoms. The lowest BCUT2D eigenvalue weighted by Crippen LogP contribution is -2.06. The van der Waals surface area contributed by atoms with Crippen LogP contribution in [0.5, 0.6) is 5.75 Å². The number of fused-ring (bicyclic) bond motifs is 1. The summed E-state index contributed by atoms with van der Waals surface area (Å²) in [6, 6.07) is 8.12. The molecule has 0 aliphatic heterocycles. The Hall–Kier alpha value is -1.61. The van der Waals surface area contributed by atoms with E-state index >= 15 is 0 Å². The summed E-state index contributed by atoms with van der Waals surface area (Å²) in [6.07, 6.45) is 2.67. The zero-order valence-corrected chi connectivity index (χ0v) is 11.0. The first-order valence-corrected chi connectivity index (χ1v) is 6.42. The number of benzene rings is 1. The van der Waals surface area contributed by atoms with E-state index in [1.54, 1.807) is 6.20 Å². The minimum atomic E-state index is 0.507. The van der Waals surface area contributed by atoms with E-state index in [0.717, 1.165) is 23.1 Å². The highest BCUT2D eigenvalue weighted by molar-refractivity contribution is 5.87. The van der Waals surface area contributed by atoms with Gasteiger partial charge in [-0.15, -0.1) is 0 Å². The van der Waals surface area contributed by atoms with Gasteiger partial charge in [0.25, 0.3) is 0 Å². The van der Waals surface area contributed by atoms with Gasteiger partial charge in [-0.05, 0) is 36.6 Å². The van der Waals surface area contributed by atoms with Gasteiger partial charge in [0, 0.05) is 11.6 Å². The number of aromatic nitrogens is 1. The lowest BCUT2D eigenvalue weighted by molar-refractivity contribution is 0.273. The molecule has 2 N–H and O–H groups in total. The standard InChI is InChI=1S/C15H20N2O/c1-11(2)10-18-14-6-5-12(7-8-16)13-4-3-9-17-15(13)14/h3-6,9,11H,7-8,10,16H2,1-2H3. The number of nitrogens with zero attached hydrogens (tertiary/aromatic N) is 1. The first-order chi connectivity index (χ1) is 8.72. The number of ether oxygens (including phenoxy) is 1. The van der Waals surface area contributed by atoms with Crippen molar-refractivity contribution < 1.29 is 4.74 Å². The maximum atomic E-state index is 5.82. The van der Waals surface area contributed by atoms with Gasteiger partial charge in [-0.25, -0.2) is 0 Å². The second kappa shape index (κ2) is 5.83. The minimum Gasteiger partial charge on any atom is -0.491 e. The molecular weight excluding hydrogens is 224 g/mol. The normalized spacial score (nSPS) is 11.1. The fraction of sp³-hybridized carbons (Fsp3) is 0.400. The SMILES string of the molecule is CC(C)COc1ccc(CCN)c2cccnc12. The first-order valence-electron chi connectivity index (χ1n) is 6.42. The Morgan fingerprint density at radius 3 is 2.83 bits per heavy atom. The Morgan fingerprint density at radius 2 is 2.11 bits per heavy atom. The van der Waals surface area contributed by atoms with Gasteiger partial charge in [-0.3, -0.25) is 4.98 Å². The molecule has 0 saturated carbocycles. The molecule has 0 bridgehead atoms. The number of nitrogens with two attached hydrogens (primary N) is 1. The van der Waals surface area contributed by atoms with Crippen molar-refractivity contribution in [2.24, 2.45) is 11.7 Å². The van der Waals surface area contributed by atoms with Crippen molar-refractivity contribution in [3.63, 3.8) is 0 Å². The summed E-state index contributed by atoms with van der Waals surface area (Å²) in [5, 5.41) is 1.14. The Bertz CT molecular complexity index is 523. The highest BCUT2D eigenvalue weighted by Crippen LogP contribution is 2.27. The average Bonchev–Trinajstić information content (AvgIpc) is 2.38. The van der Waals surface area contributed by atoms with Gasteiger partial charge in [0.2, 0.25) is 0 Å². The van der Waals surface area contributed by atoms with Crippen LogP contribution in [0.3, 0.4) is 0 Å². The van der Waals surface area contributed by atoms with E-state index < -0.39 is 0 Å². The summed E-state index contributed by atoms with van der Waals surface area (Å²) in [5.41, 5.74) is 7.80. The van der Waals surface area contributed by atoms with Gasteiger partial charge < -0.3 is 10.5 Å². The summed E-state index contributed by atoms with van der Waals surface area (Å²) in [4.78, 5) is 4.44. The smallest absolute Gasteiger partial charge is 0.145 e. The van der Waals surface area contributed by atoms with Crippen molar-refractivity contribution >= 4 is 10.9 Å². The van der Waals surface area contributed by atoms with Crippen molar-refractivity contribution in [3.8, 4) is 5.75 Å². The largest absolute Gasteiger partial charge is 0.491 e. The first kappa shape index (κ1) is 12.8. The molecule has 3 nitrogen and oxygen atoms in total. The van der Waals surface area contributed by atoms with Crippen molar-refractivity contribution in [1.29, 1.82) is 0 Å². The van der Waals surface area contributed by atoms with E-state index in [2.05, 4.69) is 31.0 Å². The van der Waals surface area contributed by atoms with Gasteiger partial charge in [0.15, 0.2) is 0 Å². The van der Waals surface area contributed by atoms with Crippen LogP contribution in [-0.4, -0.2) is 18.1 Å². The molecule has 0 unspecified atom stereocenters. The minimum absolute atomic E-state index is 0.507. The molecule has 2 aromatic rings. The zero-order valence-electron chi connectivity index (χ0n) is 11.0. The summed E-state index contributed by atoms with van der Waals surface area (Å²) in [5.74, 6) is 1.37. The lowest BCUT2D eigenvalue weighted by atomic mass is 10.0. The molecular formula is C15H20N2O. The second-order valence-electron chi connectivity index (χ2n) is 4.87. The van der Waals surface area contributed by atoms with Gasteiger partial charge in [-0.2, -0.15) is 0 Å². The predicted octanol–water partition coefficient (Wildman–Crippen LogP) is 2.77. The highest BCUT2D eigenvalue weighted by Gasteiger charge is 2.08. The van der Waals surface area contributed by atoms with Crippen molar-refractivity contribution in [2.45, 2.75) is 20.3 Å². The van der Waals surface area contributed by atoms with Gasteiger partial charge >= 0.3 is 0 Å². The van der Waals surface area contributed by atoms with Crippen molar-refractivity contribution in [3.05, 3.63) is 36.0 Å². The van der Waals surface area contributed by atoms with Crippen LogP contribution in [0.2, 0.25) is 0 Å². The Labute approximate surface area is 108 Å². The number of hydrogen-bond acceptors (Lipinski definition) is 3.